The van der Waals surface area contributed by atoms with Crippen molar-refractivity contribution in [3.8, 4) is 0 Å². The fourth-order valence-corrected chi connectivity index (χ4v) is 4.45. The zero-order valence-electron chi connectivity index (χ0n) is 19.5. The van der Waals surface area contributed by atoms with Gasteiger partial charge < -0.3 is 26.0 Å². The van der Waals surface area contributed by atoms with E-state index in [0.717, 1.165) is 32.4 Å². The van der Waals surface area contributed by atoms with Gasteiger partial charge in [0.2, 0.25) is 17.5 Å². The lowest BCUT2D eigenvalue weighted by atomic mass is 9.92. The van der Waals surface area contributed by atoms with Crippen LogP contribution in [0.1, 0.15) is 55.8 Å². The summed E-state index contributed by atoms with van der Waals surface area (Å²) >= 11 is 0. The number of piperidine rings is 2. The molecule has 2 aliphatic rings. The number of carbonyl (C=O) groups excluding carboxylic acids is 3. The number of halogens is 1. The molecule has 9 nitrogen and oxygen atoms in total. The van der Waals surface area contributed by atoms with Crippen molar-refractivity contribution in [2.45, 2.75) is 51.1 Å². The number of amides is 3. The number of hydrogen-bond acceptors (Lipinski definition) is 5. The first-order valence-corrected chi connectivity index (χ1v) is 11.7. The van der Waals surface area contributed by atoms with E-state index >= 15 is 0 Å². The second-order valence-electron chi connectivity index (χ2n) is 9.15. The summed E-state index contributed by atoms with van der Waals surface area (Å²) in [5.74, 6) is -2.36. The maximum Gasteiger partial charge on any atom is 0.350 e. The van der Waals surface area contributed by atoms with E-state index in [1.807, 2.05) is 0 Å². The van der Waals surface area contributed by atoms with Crippen LogP contribution in [0, 0.1) is 11.8 Å². The van der Waals surface area contributed by atoms with Gasteiger partial charge in [0.05, 0.1) is 5.92 Å². The van der Waals surface area contributed by atoms with Crippen molar-refractivity contribution in [2.24, 2.45) is 11.8 Å². The summed E-state index contributed by atoms with van der Waals surface area (Å²) in [6.07, 6.45) is 4.74. The van der Waals surface area contributed by atoms with Crippen LogP contribution in [0.4, 0.5) is 0 Å². The van der Waals surface area contributed by atoms with Gasteiger partial charge in [0, 0.05) is 25.1 Å². The third-order valence-electron chi connectivity index (χ3n) is 6.57. The van der Waals surface area contributed by atoms with E-state index in [9.17, 15) is 24.3 Å². The zero-order chi connectivity index (χ0) is 23.8. The van der Waals surface area contributed by atoms with Crippen LogP contribution in [0.5, 0.6) is 0 Å². The molecule has 2 heterocycles. The van der Waals surface area contributed by atoms with Crippen LogP contribution in [-0.2, 0) is 14.4 Å². The fourth-order valence-electron chi connectivity index (χ4n) is 4.45. The Morgan fingerprint density at radius 3 is 2.41 bits per heavy atom. The number of carboxylic acid groups (broad SMARTS) is 1. The first-order valence-electron chi connectivity index (χ1n) is 11.7. The van der Waals surface area contributed by atoms with E-state index < -0.39 is 29.4 Å². The number of aliphatic carboxylic acids is 1. The fraction of sp³-hybridized carbons (Fsp3) is 0.583. The van der Waals surface area contributed by atoms with Gasteiger partial charge in [-0.2, -0.15) is 0 Å². The maximum absolute atomic E-state index is 12.9. The molecule has 0 aliphatic carbocycles. The highest BCUT2D eigenvalue weighted by Crippen LogP contribution is 2.22. The van der Waals surface area contributed by atoms with Crippen LogP contribution >= 0.6 is 12.4 Å². The van der Waals surface area contributed by atoms with E-state index in [-0.39, 0.29) is 24.9 Å². The van der Waals surface area contributed by atoms with Crippen molar-refractivity contribution in [3.05, 3.63) is 35.9 Å². The molecule has 188 valence electrons. The van der Waals surface area contributed by atoms with Gasteiger partial charge in [-0.25, -0.2) is 4.79 Å². The Morgan fingerprint density at radius 2 is 1.76 bits per heavy atom. The summed E-state index contributed by atoms with van der Waals surface area (Å²) in [7, 11) is 0. The Bertz CT molecular complexity index is 862. The predicted octanol–water partition coefficient (Wildman–Crippen LogP) is 1.77. The number of carbonyl (C=O) groups is 4. The van der Waals surface area contributed by atoms with Gasteiger partial charge in [0.25, 0.3) is 5.91 Å². The minimum atomic E-state index is -1.97. The number of benzene rings is 1. The van der Waals surface area contributed by atoms with Crippen molar-refractivity contribution in [1.29, 1.82) is 0 Å². The average Bonchev–Trinajstić information content (AvgIpc) is 2.83. The van der Waals surface area contributed by atoms with Gasteiger partial charge in [-0.05, 0) is 70.2 Å². The van der Waals surface area contributed by atoms with Gasteiger partial charge in [-0.1, -0.05) is 18.2 Å². The van der Waals surface area contributed by atoms with E-state index in [2.05, 4.69) is 16.0 Å². The molecule has 2 aliphatic heterocycles. The van der Waals surface area contributed by atoms with Gasteiger partial charge >= 0.3 is 5.97 Å². The van der Waals surface area contributed by atoms with Gasteiger partial charge in [0.1, 0.15) is 0 Å². The standard InChI is InChI=1S/C24H34N4O5.ClH/c1-24(23(32)33,26-21(30)18-6-3-2-4-7-18)27-22(31)19-8-5-15-28(16-19)20(29)10-9-17-11-13-25-14-12-17;/h2-4,6-7,17,19,25H,5,8-16H2,1H3,(H,26,30)(H,27,31)(H,32,33);1H/t19-,24+;/m1./s1. The Labute approximate surface area is 206 Å². The molecule has 34 heavy (non-hydrogen) atoms. The molecule has 0 bridgehead atoms. The zero-order valence-corrected chi connectivity index (χ0v) is 20.4. The lowest BCUT2D eigenvalue weighted by molar-refractivity contribution is -0.149. The summed E-state index contributed by atoms with van der Waals surface area (Å²) in [5, 5.41) is 17.9. The smallest absolute Gasteiger partial charge is 0.350 e. The second kappa shape index (κ2) is 12.7. The highest BCUT2D eigenvalue weighted by Gasteiger charge is 2.39. The SMILES string of the molecule is C[C@](NC(=O)c1ccccc1)(NC(=O)[C@@H]1CCCN(C(=O)CCC2CCNCC2)C1)C(=O)O.Cl. The summed E-state index contributed by atoms with van der Waals surface area (Å²) in [4.78, 5) is 51.8. The lowest BCUT2D eigenvalue weighted by Gasteiger charge is -2.35. The van der Waals surface area contributed by atoms with Gasteiger partial charge in [0.15, 0.2) is 0 Å². The van der Waals surface area contributed by atoms with Crippen molar-refractivity contribution in [2.75, 3.05) is 26.2 Å². The van der Waals surface area contributed by atoms with Crippen LogP contribution in [0.2, 0.25) is 0 Å². The normalized spacial score (nSPS) is 20.4. The van der Waals surface area contributed by atoms with E-state index in [4.69, 9.17) is 0 Å². The van der Waals surface area contributed by atoms with Crippen LogP contribution in [-0.4, -0.2) is 65.5 Å². The monoisotopic (exact) mass is 494 g/mol. The third-order valence-corrected chi connectivity index (χ3v) is 6.57. The Balaban J connectivity index is 0.00000408. The Kier molecular flexibility index (Phi) is 10.3. The number of carboxylic acids is 1. The Morgan fingerprint density at radius 1 is 1.09 bits per heavy atom. The molecule has 0 unspecified atom stereocenters. The van der Waals surface area contributed by atoms with Crippen LogP contribution in [0.25, 0.3) is 0 Å². The number of nitrogens with one attached hydrogen (secondary N) is 3. The molecule has 1 aromatic rings. The van der Waals surface area contributed by atoms with Crippen molar-refractivity contribution >= 4 is 36.1 Å². The molecule has 0 radical (unpaired) electrons. The Hall–Kier alpha value is -2.65. The minimum Gasteiger partial charge on any atom is -0.478 e. The van der Waals surface area contributed by atoms with E-state index in [0.29, 0.717) is 37.3 Å². The number of nitrogens with zero attached hydrogens (tertiary/aromatic N) is 1. The minimum absolute atomic E-state index is 0. The topological polar surface area (TPSA) is 128 Å². The number of rotatable bonds is 8. The summed E-state index contributed by atoms with van der Waals surface area (Å²) in [6, 6.07) is 8.22. The molecule has 3 rings (SSSR count). The van der Waals surface area contributed by atoms with Crippen LogP contribution in [0.3, 0.4) is 0 Å². The molecule has 2 atom stereocenters. The van der Waals surface area contributed by atoms with Crippen molar-refractivity contribution in [1.82, 2.24) is 20.9 Å². The molecule has 2 saturated heterocycles. The molecule has 0 spiro atoms. The number of likely N-dealkylation sites (tertiary alicyclic amines) is 1. The van der Waals surface area contributed by atoms with Gasteiger partial charge in [-0.3, -0.25) is 14.4 Å². The van der Waals surface area contributed by atoms with E-state index in [1.54, 1.807) is 35.2 Å². The lowest BCUT2D eigenvalue weighted by Crippen LogP contribution is -2.65. The molecule has 3 amide bonds. The number of hydrogen-bond donors (Lipinski definition) is 4. The molecular weight excluding hydrogens is 460 g/mol. The van der Waals surface area contributed by atoms with Gasteiger partial charge in [-0.15, -0.1) is 12.4 Å². The molecule has 0 aromatic heterocycles. The van der Waals surface area contributed by atoms with Crippen molar-refractivity contribution < 1.29 is 24.3 Å². The predicted molar refractivity (Wildman–Crippen MR) is 129 cm³/mol. The molecule has 4 N–H and O–H groups in total. The summed E-state index contributed by atoms with van der Waals surface area (Å²) < 4.78 is 0. The molecule has 1 aromatic carbocycles. The summed E-state index contributed by atoms with van der Waals surface area (Å²) in [5.41, 5.74) is -1.67. The first-order chi connectivity index (χ1) is 15.8. The van der Waals surface area contributed by atoms with Crippen molar-refractivity contribution in [3.63, 3.8) is 0 Å². The largest absolute Gasteiger partial charge is 0.478 e. The molecule has 0 saturated carbocycles. The van der Waals surface area contributed by atoms with Crippen LogP contribution < -0.4 is 16.0 Å². The second-order valence-corrected chi connectivity index (χ2v) is 9.15. The maximum atomic E-state index is 12.9. The molecule has 2 fully saturated rings. The highest BCUT2D eigenvalue weighted by molar-refractivity contribution is 5.99. The first kappa shape index (κ1) is 27.6. The van der Waals surface area contributed by atoms with E-state index in [1.165, 1.54) is 6.92 Å². The molecular formula is C24H35ClN4O5. The summed E-state index contributed by atoms with van der Waals surface area (Å²) in [6.45, 7) is 4.11. The third kappa shape index (κ3) is 7.43. The molecule has 10 heteroatoms. The highest BCUT2D eigenvalue weighted by atomic mass is 35.5. The average molecular weight is 495 g/mol. The quantitative estimate of drug-likeness (QED) is 0.408. The van der Waals surface area contributed by atoms with Crippen LogP contribution in [0.15, 0.2) is 30.3 Å².